The molecule has 0 amide bonds. The first kappa shape index (κ1) is 13.5. The van der Waals surface area contributed by atoms with Crippen molar-refractivity contribution in [2.45, 2.75) is 13.8 Å². The van der Waals surface area contributed by atoms with Crippen molar-refractivity contribution >= 4 is 17.6 Å². The van der Waals surface area contributed by atoms with E-state index in [1.807, 2.05) is 0 Å². The monoisotopic (exact) mass is 282 g/mol. The minimum absolute atomic E-state index is 0.00471. The van der Waals surface area contributed by atoms with E-state index >= 15 is 0 Å². The van der Waals surface area contributed by atoms with Crippen molar-refractivity contribution in [1.29, 1.82) is 0 Å². The summed E-state index contributed by atoms with van der Waals surface area (Å²) in [4.78, 5) is 11.6. The first-order chi connectivity index (χ1) is 9.02. The Bertz CT molecular complexity index is 625. The number of carbonyl (C=O) groups excluding carboxylic acids is 1. The number of hydrogen-bond donors (Lipinski definition) is 0. The van der Waals surface area contributed by atoms with Gasteiger partial charge in [-0.2, -0.15) is 5.10 Å². The van der Waals surface area contributed by atoms with Crippen LogP contribution in [0.4, 0.5) is 4.39 Å². The topological polar surface area (TPSA) is 44.1 Å². The Morgan fingerprint density at radius 2 is 2.21 bits per heavy atom. The van der Waals surface area contributed by atoms with Gasteiger partial charge in [0, 0.05) is 5.69 Å². The van der Waals surface area contributed by atoms with Crippen molar-refractivity contribution in [2.75, 3.05) is 6.61 Å². The number of carbonyl (C=O) groups is 1. The highest BCUT2D eigenvalue weighted by atomic mass is 35.5. The smallest absolute Gasteiger partial charge is 0.358 e. The highest BCUT2D eigenvalue weighted by Gasteiger charge is 2.14. The summed E-state index contributed by atoms with van der Waals surface area (Å²) < 4.78 is 19.5. The van der Waals surface area contributed by atoms with Crippen LogP contribution in [-0.2, 0) is 4.74 Å². The van der Waals surface area contributed by atoms with E-state index < -0.39 is 11.8 Å². The third kappa shape index (κ3) is 2.76. The lowest BCUT2D eigenvalue weighted by Crippen LogP contribution is -2.06. The van der Waals surface area contributed by atoms with Gasteiger partial charge in [-0.3, -0.25) is 0 Å². The summed E-state index contributed by atoms with van der Waals surface area (Å²) in [5.74, 6) is -0.988. The predicted octanol–water partition coefficient (Wildman–Crippen LogP) is 3.15. The van der Waals surface area contributed by atoms with Crippen molar-refractivity contribution in [3.05, 3.63) is 46.5 Å². The molecule has 0 saturated carbocycles. The average Bonchev–Trinajstić information content (AvgIpc) is 2.75. The normalized spacial score (nSPS) is 10.5. The summed E-state index contributed by atoms with van der Waals surface area (Å²) in [6.07, 6.45) is 0. The zero-order valence-electron chi connectivity index (χ0n) is 10.5. The van der Waals surface area contributed by atoms with Crippen LogP contribution >= 0.6 is 11.6 Å². The van der Waals surface area contributed by atoms with Crippen LogP contribution in [0.15, 0.2) is 24.3 Å². The maximum absolute atomic E-state index is 13.1. The number of aromatic nitrogens is 2. The number of nitrogens with zero attached hydrogens (tertiary/aromatic N) is 2. The van der Waals surface area contributed by atoms with Crippen molar-refractivity contribution in [3.63, 3.8) is 0 Å². The lowest BCUT2D eigenvalue weighted by molar-refractivity contribution is 0.0519. The highest BCUT2D eigenvalue weighted by molar-refractivity contribution is 6.30. The van der Waals surface area contributed by atoms with Crippen molar-refractivity contribution in [3.8, 4) is 5.69 Å². The molecule has 0 spiro atoms. The van der Waals surface area contributed by atoms with E-state index in [-0.39, 0.29) is 17.3 Å². The minimum atomic E-state index is -0.499. The fourth-order valence-corrected chi connectivity index (χ4v) is 1.83. The van der Waals surface area contributed by atoms with Gasteiger partial charge in [-0.15, -0.1) is 0 Å². The second-order valence-electron chi connectivity index (χ2n) is 3.90. The van der Waals surface area contributed by atoms with E-state index in [2.05, 4.69) is 5.10 Å². The fraction of sp³-hybridized carbons (Fsp3) is 0.231. The maximum Gasteiger partial charge on any atom is 0.358 e. The largest absolute Gasteiger partial charge is 0.461 e. The third-order valence-corrected chi connectivity index (χ3v) is 2.81. The molecule has 0 unspecified atom stereocenters. The number of aryl methyl sites for hydroxylation is 1. The molecule has 0 aliphatic carbocycles. The van der Waals surface area contributed by atoms with E-state index in [1.165, 1.54) is 22.9 Å². The summed E-state index contributed by atoms with van der Waals surface area (Å²) >= 11 is 5.73. The van der Waals surface area contributed by atoms with E-state index in [4.69, 9.17) is 16.3 Å². The summed E-state index contributed by atoms with van der Waals surface area (Å²) in [5, 5.41) is 4.14. The van der Waals surface area contributed by atoms with Crippen molar-refractivity contribution in [1.82, 2.24) is 9.78 Å². The molecule has 0 fully saturated rings. The van der Waals surface area contributed by atoms with Crippen LogP contribution in [0.25, 0.3) is 5.69 Å². The van der Waals surface area contributed by atoms with Gasteiger partial charge in [-0.25, -0.2) is 13.9 Å². The molecule has 0 aliphatic rings. The van der Waals surface area contributed by atoms with Crippen LogP contribution in [-0.4, -0.2) is 22.4 Å². The Morgan fingerprint density at radius 1 is 1.47 bits per heavy atom. The standard InChI is InChI=1S/C13H12ClFN2O2/c1-3-19-13(18)12-6-8(2)17(16-12)9-4-5-11(15)10(14)7-9/h4-7H,3H2,1-2H3. The molecule has 0 atom stereocenters. The number of rotatable bonds is 3. The number of halogens is 2. The Balaban J connectivity index is 2.40. The number of hydrogen-bond acceptors (Lipinski definition) is 3. The minimum Gasteiger partial charge on any atom is -0.461 e. The van der Waals surface area contributed by atoms with Gasteiger partial charge in [0.05, 0.1) is 17.3 Å². The van der Waals surface area contributed by atoms with E-state index in [0.29, 0.717) is 5.69 Å². The molecule has 0 saturated heterocycles. The second kappa shape index (κ2) is 5.40. The molecule has 0 radical (unpaired) electrons. The van der Waals surface area contributed by atoms with Crippen LogP contribution in [0.5, 0.6) is 0 Å². The summed E-state index contributed by atoms with van der Waals surface area (Å²) in [7, 11) is 0. The number of ether oxygens (including phenoxy) is 1. The van der Waals surface area contributed by atoms with Gasteiger partial charge in [-0.05, 0) is 38.1 Å². The molecule has 1 aromatic heterocycles. The first-order valence-corrected chi connectivity index (χ1v) is 6.10. The Labute approximate surface area is 114 Å². The summed E-state index contributed by atoms with van der Waals surface area (Å²) in [6.45, 7) is 3.79. The van der Waals surface area contributed by atoms with Gasteiger partial charge in [0.1, 0.15) is 5.82 Å². The van der Waals surface area contributed by atoms with E-state index in [9.17, 15) is 9.18 Å². The van der Waals surface area contributed by atoms with Crippen LogP contribution in [0, 0.1) is 12.7 Å². The molecule has 19 heavy (non-hydrogen) atoms. The molecule has 0 bridgehead atoms. The van der Waals surface area contributed by atoms with Crippen molar-refractivity contribution < 1.29 is 13.9 Å². The molecule has 100 valence electrons. The molecule has 2 aromatic rings. The molecule has 4 nitrogen and oxygen atoms in total. The molecule has 0 aliphatic heterocycles. The Hall–Kier alpha value is -1.88. The summed E-state index contributed by atoms with van der Waals surface area (Å²) in [6, 6.07) is 5.85. The zero-order valence-corrected chi connectivity index (χ0v) is 11.2. The van der Waals surface area contributed by atoms with Crippen LogP contribution in [0.2, 0.25) is 5.02 Å². The van der Waals surface area contributed by atoms with Crippen molar-refractivity contribution in [2.24, 2.45) is 0 Å². The number of esters is 1. The molecule has 1 heterocycles. The summed E-state index contributed by atoms with van der Waals surface area (Å²) in [5.41, 5.74) is 1.52. The van der Waals surface area contributed by atoms with Crippen LogP contribution in [0.1, 0.15) is 23.1 Å². The quantitative estimate of drug-likeness (QED) is 0.812. The molecular weight excluding hydrogens is 271 g/mol. The lowest BCUT2D eigenvalue weighted by Gasteiger charge is -2.05. The highest BCUT2D eigenvalue weighted by Crippen LogP contribution is 2.20. The predicted molar refractivity (Wildman–Crippen MR) is 69.2 cm³/mol. The number of benzene rings is 1. The van der Waals surface area contributed by atoms with Crippen LogP contribution < -0.4 is 0 Å². The van der Waals surface area contributed by atoms with Crippen LogP contribution in [0.3, 0.4) is 0 Å². The van der Waals surface area contributed by atoms with Gasteiger partial charge >= 0.3 is 5.97 Å². The molecule has 1 aromatic carbocycles. The Kier molecular flexibility index (Phi) is 3.85. The first-order valence-electron chi connectivity index (χ1n) is 5.72. The Morgan fingerprint density at radius 3 is 2.84 bits per heavy atom. The maximum atomic E-state index is 13.1. The zero-order chi connectivity index (χ0) is 14.0. The van der Waals surface area contributed by atoms with E-state index in [0.717, 1.165) is 5.69 Å². The molecule has 2 rings (SSSR count). The third-order valence-electron chi connectivity index (χ3n) is 2.52. The lowest BCUT2D eigenvalue weighted by atomic mass is 10.3. The van der Waals surface area contributed by atoms with Gasteiger partial charge in [0.25, 0.3) is 0 Å². The van der Waals surface area contributed by atoms with Gasteiger partial charge in [0.2, 0.25) is 0 Å². The molecular formula is C13H12ClFN2O2. The van der Waals surface area contributed by atoms with Gasteiger partial charge in [-0.1, -0.05) is 11.6 Å². The van der Waals surface area contributed by atoms with Gasteiger partial charge in [0.15, 0.2) is 5.69 Å². The average molecular weight is 283 g/mol. The molecule has 6 heteroatoms. The fourth-order valence-electron chi connectivity index (χ4n) is 1.66. The molecule has 0 N–H and O–H groups in total. The van der Waals surface area contributed by atoms with E-state index in [1.54, 1.807) is 19.9 Å². The SMILES string of the molecule is CCOC(=O)c1cc(C)n(-c2ccc(F)c(Cl)c2)n1. The second-order valence-corrected chi connectivity index (χ2v) is 4.31. The van der Waals surface area contributed by atoms with Gasteiger partial charge < -0.3 is 4.74 Å².